The maximum absolute atomic E-state index is 11.9. The predicted octanol–water partition coefficient (Wildman–Crippen LogP) is 2.37. The minimum atomic E-state index is -3.16. The molecule has 24 heavy (non-hydrogen) atoms. The molecule has 1 saturated heterocycles. The molecule has 0 N–H and O–H groups in total. The molecular formula is C17H30N4O2S. The number of aromatic nitrogens is 2. The first-order chi connectivity index (χ1) is 10.9. The molecule has 1 aromatic rings. The van der Waals surface area contributed by atoms with Crippen LogP contribution in [0.5, 0.6) is 0 Å². The van der Waals surface area contributed by atoms with Gasteiger partial charge < -0.3 is 4.90 Å². The van der Waals surface area contributed by atoms with Gasteiger partial charge in [0.25, 0.3) is 0 Å². The highest BCUT2D eigenvalue weighted by atomic mass is 32.2. The van der Waals surface area contributed by atoms with E-state index in [0.717, 1.165) is 17.3 Å². The van der Waals surface area contributed by atoms with Crippen molar-refractivity contribution in [2.24, 2.45) is 0 Å². The van der Waals surface area contributed by atoms with Crippen molar-refractivity contribution >= 4 is 15.8 Å². The van der Waals surface area contributed by atoms with Crippen molar-refractivity contribution in [2.75, 3.05) is 30.8 Å². The van der Waals surface area contributed by atoms with Gasteiger partial charge in [0, 0.05) is 43.1 Å². The molecule has 0 aliphatic carbocycles. The van der Waals surface area contributed by atoms with Crippen LogP contribution in [-0.4, -0.2) is 54.6 Å². The van der Waals surface area contributed by atoms with E-state index in [4.69, 9.17) is 9.97 Å². The second-order valence-corrected chi connectivity index (χ2v) is 9.98. The molecule has 0 spiro atoms. The van der Waals surface area contributed by atoms with Crippen LogP contribution in [0.15, 0.2) is 6.07 Å². The van der Waals surface area contributed by atoms with Crippen molar-refractivity contribution in [3.05, 3.63) is 17.6 Å². The minimum Gasteiger partial charge on any atom is -0.354 e. The van der Waals surface area contributed by atoms with E-state index in [1.165, 1.54) is 6.26 Å². The van der Waals surface area contributed by atoms with Gasteiger partial charge in [-0.1, -0.05) is 34.6 Å². The molecule has 1 atom stereocenters. The SMILES string of the molecule is CC(C)c1nc(N2CCN(S(C)(=O)=O)[C@@H](C)C2)cc(C(C)(C)C)n1. The molecule has 1 aliphatic heterocycles. The molecule has 2 heterocycles. The topological polar surface area (TPSA) is 66.4 Å². The number of rotatable bonds is 3. The Hall–Kier alpha value is -1.21. The van der Waals surface area contributed by atoms with E-state index in [1.54, 1.807) is 4.31 Å². The Morgan fingerprint density at radius 2 is 1.83 bits per heavy atom. The highest BCUT2D eigenvalue weighted by molar-refractivity contribution is 7.88. The normalized spacial score (nSPS) is 20.7. The first-order valence-corrected chi connectivity index (χ1v) is 10.4. The van der Waals surface area contributed by atoms with Gasteiger partial charge in [0.05, 0.1) is 11.9 Å². The largest absolute Gasteiger partial charge is 0.354 e. The van der Waals surface area contributed by atoms with E-state index in [9.17, 15) is 8.42 Å². The lowest BCUT2D eigenvalue weighted by atomic mass is 9.91. The highest BCUT2D eigenvalue weighted by Gasteiger charge is 2.31. The summed E-state index contributed by atoms with van der Waals surface area (Å²) < 4.78 is 25.3. The lowest BCUT2D eigenvalue weighted by Crippen LogP contribution is -2.54. The fourth-order valence-corrected chi connectivity index (χ4v) is 4.03. The van der Waals surface area contributed by atoms with E-state index in [1.807, 2.05) is 6.92 Å². The van der Waals surface area contributed by atoms with Crippen molar-refractivity contribution in [1.29, 1.82) is 0 Å². The van der Waals surface area contributed by atoms with Crippen LogP contribution < -0.4 is 4.90 Å². The average molecular weight is 355 g/mol. The Morgan fingerprint density at radius 1 is 1.21 bits per heavy atom. The summed E-state index contributed by atoms with van der Waals surface area (Å²) in [6, 6.07) is 1.98. The van der Waals surface area contributed by atoms with Gasteiger partial charge in [0.15, 0.2) is 0 Å². The van der Waals surface area contributed by atoms with Gasteiger partial charge in [0.2, 0.25) is 10.0 Å². The summed E-state index contributed by atoms with van der Waals surface area (Å²) in [4.78, 5) is 11.6. The van der Waals surface area contributed by atoms with Crippen molar-refractivity contribution in [1.82, 2.24) is 14.3 Å². The van der Waals surface area contributed by atoms with Crippen LogP contribution in [0.1, 0.15) is 59.0 Å². The summed E-state index contributed by atoms with van der Waals surface area (Å²) in [5.74, 6) is 2.00. The first kappa shape index (κ1) is 19.1. The van der Waals surface area contributed by atoms with E-state index in [2.05, 4.69) is 45.6 Å². The third kappa shape index (κ3) is 4.25. The molecule has 0 radical (unpaired) electrons. The van der Waals surface area contributed by atoms with Crippen LogP contribution in [0.25, 0.3) is 0 Å². The molecule has 6 nitrogen and oxygen atoms in total. The van der Waals surface area contributed by atoms with Crippen molar-refractivity contribution in [3.8, 4) is 0 Å². The lowest BCUT2D eigenvalue weighted by molar-refractivity contribution is 0.307. The summed E-state index contributed by atoms with van der Waals surface area (Å²) in [6.45, 7) is 14.4. The van der Waals surface area contributed by atoms with Gasteiger partial charge >= 0.3 is 0 Å². The number of piperazine rings is 1. The van der Waals surface area contributed by atoms with Gasteiger partial charge in [0.1, 0.15) is 11.6 Å². The van der Waals surface area contributed by atoms with E-state index in [-0.39, 0.29) is 17.4 Å². The summed E-state index contributed by atoms with van der Waals surface area (Å²) in [5.41, 5.74) is 0.969. The third-order valence-electron chi connectivity index (χ3n) is 4.33. The molecule has 0 bridgehead atoms. The number of anilines is 1. The van der Waals surface area contributed by atoms with E-state index in [0.29, 0.717) is 19.6 Å². The standard InChI is InChI=1S/C17H30N4O2S/c1-12(2)16-18-14(17(4,5)6)10-15(19-16)20-8-9-21(13(3)11-20)24(7,22)23/h10,12-13H,8-9,11H2,1-7H3/t13-/m0/s1. The zero-order valence-electron chi connectivity index (χ0n) is 15.9. The molecule has 0 amide bonds. The van der Waals surface area contributed by atoms with Crippen LogP contribution in [0.3, 0.4) is 0 Å². The minimum absolute atomic E-state index is 0.0540. The molecule has 136 valence electrons. The Labute approximate surface area is 146 Å². The van der Waals surface area contributed by atoms with Crippen molar-refractivity contribution in [2.45, 2.75) is 58.9 Å². The van der Waals surface area contributed by atoms with Crippen LogP contribution in [0.2, 0.25) is 0 Å². The number of nitrogens with zero attached hydrogens (tertiary/aromatic N) is 4. The van der Waals surface area contributed by atoms with Crippen LogP contribution in [0, 0.1) is 0 Å². The van der Waals surface area contributed by atoms with Crippen molar-refractivity contribution < 1.29 is 8.42 Å². The van der Waals surface area contributed by atoms with E-state index >= 15 is 0 Å². The molecule has 0 saturated carbocycles. The molecule has 1 aromatic heterocycles. The molecular weight excluding hydrogens is 324 g/mol. The summed E-state index contributed by atoms with van der Waals surface area (Å²) in [6.07, 6.45) is 1.28. The number of hydrogen-bond acceptors (Lipinski definition) is 5. The second kappa shape index (κ2) is 6.59. The van der Waals surface area contributed by atoms with E-state index < -0.39 is 10.0 Å². The van der Waals surface area contributed by atoms with Gasteiger partial charge in [-0.2, -0.15) is 4.31 Å². The van der Waals surface area contributed by atoms with Gasteiger partial charge in [-0.25, -0.2) is 18.4 Å². The molecule has 1 fully saturated rings. The smallest absolute Gasteiger partial charge is 0.211 e. The molecule has 0 unspecified atom stereocenters. The summed E-state index contributed by atoms with van der Waals surface area (Å²) in [7, 11) is -3.16. The maximum atomic E-state index is 11.9. The van der Waals surface area contributed by atoms with Gasteiger partial charge in [-0.15, -0.1) is 0 Å². The zero-order chi connectivity index (χ0) is 18.3. The maximum Gasteiger partial charge on any atom is 0.211 e. The number of sulfonamides is 1. The second-order valence-electron chi connectivity index (χ2n) is 8.04. The molecule has 7 heteroatoms. The Balaban J connectivity index is 2.34. The van der Waals surface area contributed by atoms with Crippen LogP contribution in [-0.2, 0) is 15.4 Å². The summed E-state index contributed by atoms with van der Waals surface area (Å²) in [5, 5.41) is 0. The average Bonchev–Trinajstić information content (AvgIpc) is 2.44. The first-order valence-electron chi connectivity index (χ1n) is 8.51. The van der Waals surface area contributed by atoms with Crippen LogP contribution >= 0.6 is 0 Å². The Bertz CT molecular complexity index is 695. The molecule has 2 rings (SSSR count). The Morgan fingerprint density at radius 3 is 2.29 bits per heavy atom. The third-order valence-corrected chi connectivity index (χ3v) is 5.73. The quantitative estimate of drug-likeness (QED) is 0.834. The molecule has 1 aliphatic rings. The van der Waals surface area contributed by atoms with Gasteiger partial charge in [-0.3, -0.25) is 0 Å². The zero-order valence-corrected chi connectivity index (χ0v) is 16.7. The fourth-order valence-electron chi connectivity index (χ4n) is 2.90. The predicted molar refractivity (Wildman–Crippen MR) is 98.0 cm³/mol. The fraction of sp³-hybridized carbons (Fsp3) is 0.765. The number of hydrogen-bond donors (Lipinski definition) is 0. The highest BCUT2D eigenvalue weighted by Crippen LogP contribution is 2.27. The Kier molecular flexibility index (Phi) is 5.25. The van der Waals surface area contributed by atoms with Crippen molar-refractivity contribution in [3.63, 3.8) is 0 Å². The summed E-state index contributed by atoms with van der Waals surface area (Å²) >= 11 is 0. The molecule has 0 aromatic carbocycles. The lowest BCUT2D eigenvalue weighted by Gasteiger charge is -2.39. The van der Waals surface area contributed by atoms with Crippen LogP contribution in [0.4, 0.5) is 5.82 Å². The monoisotopic (exact) mass is 354 g/mol. The van der Waals surface area contributed by atoms with Gasteiger partial charge in [-0.05, 0) is 6.92 Å².